The number of carbonyl (C=O) groups excluding carboxylic acids is 3. The Morgan fingerprint density at radius 2 is 1.70 bits per heavy atom. The molecule has 7 heteroatoms. The fourth-order valence-electron chi connectivity index (χ4n) is 8.77. The third-order valence-corrected chi connectivity index (χ3v) is 11.2. The van der Waals surface area contributed by atoms with Crippen LogP contribution in [-0.4, -0.2) is 50.8 Å². The molecule has 4 aliphatic rings. The van der Waals surface area contributed by atoms with Gasteiger partial charge in [0, 0.05) is 41.1 Å². The number of carbonyl (C=O) groups is 4. The highest BCUT2D eigenvalue weighted by atomic mass is 16.4. The summed E-state index contributed by atoms with van der Waals surface area (Å²) < 4.78 is 0. The minimum Gasteiger partial charge on any atom is -0.481 e. The number of hydrogen-bond donors (Lipinski definition) is 3. The molecule has 0 amide bonds. The second kappa shape index (κ2) is 8.70. The van der Waals surface area contributed by atoms with Crippen LogP contribution >= 0.6 is 0 Å². The number of carboxylic acids is 1. The van der Waals surface area contributed by atoms with Gasteiger partial charge in [0.15, 0.2) is 11.6 Å². The van der Waals surface area contributed by atoms with Crippen LogP contribution in [0.2, 0.25) is 0 Å². The Balaban J connectivity index is 1.80. The van der Waals surface area contributed by atoms with Crippen molar-refractivity contribution in [3.05, 3.63) is 22.8 Å². The Labute approximate surface area is 219 Å². The van der Waals surface area contributed by atoms with Crippen LogP contribution in [0.15, 0.2) is 22.8 Å². The van der Waals surface area contributed by atoms with Gasteiger partial charge in [-0.25, -0.2) is 0 Å². The molecule has 2 unspecified atom stereocenters. The third-order valence-electron chi connectivity index (χ3n) is 11.2. The molecule has 0 spiro atoms. The summed E-state index contributed by atoms with van der Waals surface area (Å²) >= 11 is 0. The first kappa shape index (κ1) is 27.9. The van der Waals surface area contributed by atoms with Crippen LogP contribution in [0.5, 0.6) is 0 Å². The Morgan fingerprint density at radius 3 is 2.30 bits per heavy atom. The van der Waals surface area contributed by atoms with Crippen molar-refractivity contribution < 1.29 is 34.5 Å². The van der Waals surface area contributed by atoms with Crippen molar-refractivity contribution in [2.45, 2.75) is 99.2 Å². The zero-order chi connectivity index (χ0) is 27.9. The first-order valence-electron chi connectivity index (χ1n) is 13.5. The number of allylic oxidation sites excluding steroid dienone is 3. The lowest BCUT2D eigenvalue weighted by Crippen LogP contribution is -2.60. The lowest BCUT2D eigenvalue weighted by atomic mass is 9.42. The monoisotopic (exact) mass is 514 g/mol. The molecule has 2 saturated carbocycles. The van der Waals surface area contributed by atoms with Crippen LogP contribution in [0, 0.1) is 39.4 Å². The molecule has 0 bridgehead atoms. The number of aliphatic hydroxyl groups is 2. The molecule has 37 heavy (non-hydrogen) atoms. The van der Waals surface area contributed by atoms with Crippen molar-refractivity contribution in [3.63, 3.8) is 0 Å². The Bertz CT molecular complexity index is 1130. The molecule has 0 aromatic heterocycles. The molecular weight excluding hydrogens is 472 g/mol. The summed E-state index contributed by atoms with van der Waals surface area (Å²) in [6, 6.07) is 0. The summed E-state index contributed by atoms with van der Waals surface area (Å²) in [6.07, 6.45) is 1.42. The van der Waals surface area contributed by atoms with Crippen molar-refractivity contribution in [2.24, 2.45) is 39.4 Å². The molecular formula is C30H42O7. The first-order chi connectivity index (χ1) is 16.9. The van der Waals surface area contributed by atoms with Gasteiger partial charge in [0.1, 0.15) is 5.78 Å². The quantitative estimate of drug-likeness (QED) is 0.472. The van der Waals surface area contributed by atoms with Gasteiger partial charge in [-0.2, -0.15) is 0 Å². The molecule has 0 aliphatic heterocycles. The zero-order valence-electron chi connectivity index (χ0n) is 23.2. The summed E-state index contributed by atoms with van der Waals surface area (Å²) in [5, 5.41) is 32.4. The van der Waals surface area contributed by atoms with E-state index in [1.807, 2.05) is 34.6 Å². The number of Topliss-reactive ketones (excluding diaryl/α,β-unsaturated/α-hetero) is 2. The second-order valence-corrected chi connectivity index (χ2v) is 13.5. The van der Waals surface area contributed by atoms with Gasteiger partial charge >= 0.3 is 5.97 Å². The zero-order valence-corrected chi connectivity index (χ0v) is 23.2. The smallest absolute Gasteiger partial charge is 0.306 e. The SMILES string of the molecule is C/C(=C\C(=O)CC(C)C(=O)O)[C@H]1C[C@H](O)[C@@]2(C)C3=C(C(=O)C[C@]12C)[C@@]1(C)CCC(=O)C(C)(C)C1C[C@@H]3O. The average Bonchev–Trinajstić information content (AvgIpc) is 2.99. The highest BCUT2D eigenvalue weighted by Crippen LogP contribution is 2.71. The minimum absolute atomic E-state index is 0.0379. The van der Waals surface area contributed by atoms with Crippen LogP contribution in [0.25, 0.3) is 0 Å². The van der Waals surface area contributed by atoms with E-state index < -0.39 is 45.8 Å². The van der Waals surface area contributed by atoms with Crippen LogP contribution < -0.4 is 0 Å². The summed E-state index contributed by atoms with van der Waals surface area (Å²) in [4.78, 5) is 50.7. The van der Waals surface area contributed by atoms with Gasteiger partial charge < -0.3 is 15.3 Å². The van der Waals surface area contributed by atoms with Crippen molar-refractivity contribution in [1.29, 1.82) is 0 Å². The van der Waals surface area contributed by atoms with Crippen LogP contribution in [0.3, 0.4) is 0 Å². The van der Waals surface area contributed by atoms with Gasteiger partial charge in [-0.15, -0.1) is 0 Å². The molecule has 7 nitrogen and oxygen atoms in total. The van der Waals surface area contributed by atoms with E-state index in [0.29, 0.717) is 36.8 Å². The van der Waals surface area contributed by atoms with Crippen LogP contribution in [0.1, 0.15) is 87.0 Å². The Hall–Kier alpha value is -2.12. The fourth-order valence-corrected chi connectivity index (χ4v) is 8.77. The molecule has 0 heterocycles. The summed E-state index contributed by atoms with van der Waals surface area (Å²) in [6.45, 7) is 13.1. The average molecular weight is 515 g/mol. The lowest BCUT2D eigenvalue weighted by molar-refractivity contribution is -0.145. The maximum atomic E-state index is 14.0. The molecule has 0 radical (unpaired) electrons. The summed E-state index contributed by atoms with van der Waals surface area (Å²) in [7, 11) is 0. The van der Waals surface area contributed by atoms with Gasteiger partial charge in [-0.3, -0.25) is 19.2 Å². The molecule has 0 aromatic rings. The van der Waals surface area contributed by atoms with E-state index in [1.165, 1.54) is 13.0 Å². The highest BCUT2D eigenvalue weighted by Gasteiger charge is 2.69. The van der Waals surface area contributed by atoms with Gasteiger partial charge in [0.05, 0.1) is 18.1 Å². The number of hydrogen-bond acceptors (Lipinski definition) is 6. The number of carboxylic acid groups (broad SMARTS) is 1. The van der Waals surface area contributed by atoms with E-state index in [-0.39, 0.29) is 42.0 Å². The standard InChI is InChI=1S/C30H42O7/c1-15(10-17(31)11-16(2)26(36)37)18-12-23(35)30(7)25-19(32)13-21-27(3,4)22(34)8-9-28(21,5)24(25)20(33)14-29(18,30)6/h10,16,18-19,21,23,32,35H,8-9,11-14H2,1-7H3,(H,36,37)/b15-10+/t16?,18-,19+,21?,23+,28+,29-,30+/m1/s1. The van der Waals surface area contributed by atoms with Gasteiger partial charge in [0.2, 0.25) is 0 Å². The Kier molecular flexibility index (Phi) is 6.56. The van der Waals surface area contributed by atoms with Crippen molar-refractivity contribution >= 4 is 23.3 Å². The molecule has 2 fully saturated rings. The number of fused-ring (bicyclic) bond motifs is 4. The van der Waals surface area contributed by atoms with Crippen LogP contribution in [-0.2, 0) is 19.2 Å². The summed E-state index contributed by atoms with van der Waals surface area (Å²) in [5.74, 6) is -2.44. The maximum Gasteiger partial charge on any atom is 0.306 e. The summed E-state index contributed by atoms with van der Waals surface area (Å²) in [5.41, 5.74) is -0.855. The lowest BCUT2D eigenvalue weighted by Gasteiger charge is -2.61. The van der Waals surface area contributed by atoms with E-state index in [2.05, 4.69) is 6.92 Å². The molecule has 3 N–H and O–H groups in total. The molecule has 8 atom stereocenters. The van der Waals surface area contributed by atoms with E-state index >= 15 is 0 Å². The van der Waals surface area contributed by atoms with E-state index in [9.17, 15) is 29.4 Å². The Morgan fingerprint density at radius 1 is 1.08 bits per heavy atom. The van der Waals surface area contributed by atoms with Crippen molar-refractivity contribution in [3.8, 4) is 0 Å². The van der Waals surface area contributed by atoms with E-state index in [4.69, 9.17) is 5.11 Å². The maximum absolute atomic E-state index is 14.0. The highest BCUT2D eigenvalue weighted by molar-refractivity contribution is 6.01. The van der Waals surface area contributed by atoms with Crippen molar-refractivity contribution in [2.75, 3.05) is 0 Å². The van der Waals surface area contributed by atoms with Gasteiger partial charge in [-0.1, -0.05) is 47.1 Å². The molecule has 4 aliphatic carbocycles. The van der Waals surface area contributed by atoms with Gasteiger partial charge in [-0.05, 0) is 55.1 Å². The molecule has 0 saturated heterocycles. The van der Waals surface area contributed by atoms with Gasteiger partial charge in [0.25, 0.3) is 0 Å². The molecule has 4 rings (SSSR count). The number of ketones is 3. The fraction of sp³-hybridized carbons (Fsp3) is 0.733. The predicted octanol–water partition coefficient (Wildman–Crippen LogP) is 4.05. The van der Waals surface area contributed by atoms with Crippen LogP contribution in [0.4, 0.5) is 0 Å². The second-order valence-electron chi connectivity index (χ2n) is 13.5. The molecule has 204 valence electrons. The largest absolute Gasteiger partial charge is 0.481 e. The topological polar surface area (TPSA) is 129 Å². The van der Waals surface area contributed by atoms with E-state index in [0.717, 1.165) is 5.57 Å². The van der Waals surface area contributed by atoms with Crippen molar-refractivity contribution in [1.82, 2.24) is 0 Å². The van der Waals surface area contributed by atoms with E-state index in [1.54, 1.807) is 0 Å². The number of aliphatic carboxylic acids is 1. The third kappa shape index (κ3) is 3.75. The molecule has 0 aromatic carbocycles. The predicted molar refractivity (Wildman–Crippen MR) is 137 cm³/mol. The minimum atomic E-state index is -1.03. The first-order valence-corrected chi connectivity index (χ1v) is 13.5. The normalized spacial score (nSPS) is 42.1. The number of aliphatic hydroxyl groups excluding tert-OH is 2. The number of rotatable bonds is 5.